The third kappa shape index (κ3) is 5.04. The Balaban J connectivity index is 1.41. The van der Waals surface area contributed by atoms with Gasteiger partial charge in [-0.3, -0.25) is 4.90 Å². The molecule has 30 heavy (non-hydrogen) atoms. The van der Waals surface area contributed by atoms with Gasteiger partial charge in [0.25, 0.3) is 0 Å². The minimum atomic E-state index is 0.587. The molecule has 0 radical (unpaired) electrons. The molecule has 9 heteroatoms. The maximum atomic E-state index is 4.95. The molecule has 3 aromatic rings. The van der Waals surface area contributed by atoms with Crippen molar-refractivity contribution in [2.45, 2.75) is 26.6 Å². The molecule has 158 valence electrons. The van der Waals surface area contributed by atoms with Gasteiger partial charge in [-0.25, -0.2) is 4.99 Å². The Labute approximate surface area is 176 Å². The van der Waals surface area contributed by atoms with Crippen molar-refractivity contribution in [2.75, 3.05) is 26.2 Å². The van der Waals surface area contributed by atoms with Crippen LogP contribution in [0.25, 0.3) is 0 Å². The zero-order chi connectivity index (χ0) is 20.8. The fraction of sp³-hybridized carbons (Fsp3) is 0.429. The maximum Gasteiger partial charge on any atom is 0.194 e. The van der Waals surface area contributed by atoms with Crippen molar-refractivity contribution >= 4 is 5.96 Å². The van der Waals surface area contributed by atoms with Gasteiger partial charge in [0.15, 0.2) is 11.8 Å². The Kier molecular flexibility index (Phi) is 6.38. The van der Waals surface area contributed by atoms with E-state index in [9.17, 15) is 0 Å². The van der Waals surface area contributed by atoms with Crippen LogP contribution in [-0.4, -0.2) is 61.9 Å². The smallest absolute Gasteiger partial charge is 0.194 e. The summed E-state index contributed by atoms with van der Waals surface area (Å²) < 4.78 is 6.94. The lowest BCUT2D eigenvalue weighted by Gasteiger charge is -2.36. The second-order valence-electron chi connectivity index (χ2n) is 7.46. The van der Waals surface area contributed by atoms with Crippen molar-refractivity contribution in [1.29, 1.82) is 0 Å². The first-order chi connectivity index (χ1) is 14.7. The number of aryl methyl sites for hydroxylation is 1. The number of rotatable bonds is 6. The number of aliphatic imine (C=N–C) groups is 1. The van der Waals surface area contributed by atoms with Crippen molar-refractivity contribution in [3.8, 4) is 0 Å². The normalized spacial score (nSPS) is 15.5. The van der Waals surface area contributed by atoms with Crippen LogP contribution >= 0.6 is 0 Å². The molecule has 1 aromatic carbocycles. The van der Waals surface area contributed by atoms with Crippen LogP contribution in [-0.2, 0) is 26.7 Å². The molecule has 0 amide bonds. The van der Waals surface area contributed by atoms with Gasteiger partial charge in [0.05, 0.1) is 18.8 Å². The van der Waals surface area contributed by atoms with Crippen LogP contribution in [0.15, 0.2) is 52.2 Å². The average molecular weight is 409 g/mol. The fourth-order valence-electron chi connectivity index (χ4n) is 3.45. The van der Waals surface area contributed by atoms with Crippen LogP contribution in [0.2, 0.25) is 0 Å². The zero-order valence-corrected chi connectivity index (χ0v) is 17.5. The van der Waals surface area contributed by atoms with Crippen molar-refractivity contribution in [1.82, 2.24) is 35.0 Å². The Bertz CT molecular complexity index is 943. The minimum Gasteiger partial charge on any atom is -0.364 e. The van der Waals surface area contributed by atoms with Crippen molar-refractivity contribution in [3.05, 3.63) is 65.6 Å². The first-order valence-electron chi connectivity index (χ1n) is 10.2. The van der Waals surface area contributed by atoms with Gasteiger partial charge < -0.3 is 19.3 Å². The Morgan fingerprint density at radius 1 is 1.10 bits per heavy atom. The summed E-state index contributed by atoms with van der Waals surface area (Å²) in [6, 6.07) is 12.2. The van der Waals surface area contributed by atoms with E-state index >= 15 is 0 Å². The summed E-state index contributed by atoms with van der Waals surface area (Å²) in [6.07, 6.45) is 1.62. The van der Waals surface area contributed by atoms with E-state index in [0.717, 1.165) is 56.0 Å². The molecule has 1 fully saturated rings. The van der Waals surface area contributed by atoms with Gasteiger partial charge in [-0.05, 0) is 12.5 Å². The van der Waals surface area contributed by atoms with Gasteiger partial charge in [0.2, 0.25) is 0 Å². The van der Waals surface area contributed by atoms with Crippen LogP contribution in [0.3, 0.4) is 0 Å². The summed E-state index contributed by atoms with van der Waals surface area (Å²) in [4.78, 5) is 9.59. The fourth-order valence-corrected chi connectivity index (χ4v) is 3.45. The summed E-state index contributed by atoms with van der Waals surface area (Å²) in [7, 11) is 1.98. The predicted octanol–water partition coefficient (Wildman–Crippen LogP) is 1.58. The third-order valence-corrected chi connectivity index (χ3v) is 5.39. The van der Waals surface area contributed by atoms with Crippen molar-refractivity contribution < 1.29 is 4.52 Å². The number of nitrogens with one attached hydrogen (secondary N) is 1. The van der Waals surface area contributed by atoms with Gasteiger partial charge >= 0.3 is 0 Å². The number of benzene rings is 1. The van der Waals surface area contributed by atoms with Gasteiger partial charge in [0.1, 0.15) is 12.1 Å². The highest BCUT2D eigenvalue weighted by molar-refractivity contribution is 5.80. The quantitative estimate of drug-likeness (QED) is 0.489. The highest BCUT2D eigenvalue weighted by Gasteiger charge is 2.21. The molecule has 0 unspecified atom stereocenters. The number of aromatic nitrogens is 4. The third-order valence-electron chi connectivity index (χ3n) is 5.39. The molecule has 4 rings (SSSR count). The number of nitrogens with zero attached hydrogens (tertiary/aromatic N) is 7. The topological polar surface area (TPSA) is 87.6 Å². The number of guanidine groups is 1. The van der Waals surface area contributed by atoms with E-state index in [0.29, 0.717) is 13.1 Å². The molecule has 0 bridgehead atoms. The molecule has 0 aliphatic carbocycles. The van der Waals surface area contributed by atoms with Gasteiger partial charge in [-0.2, -0.15) is 0 Å². The van der Waals surface area contributed by atoms with Crippen LogP contribution in [0.4, 0.5) is 0 Å². The number of piperazine rings is 1. The molecular formula is C21H28N8O. The summed E-state index contributed by atoms with van der Waals surface area (Å²) >= 11 is 0. The van der Waals surface area contributed by atoms with E-state index in [-0.39, 0.29) is 0 Å². The van der Waals surface area contributed by atoms with Gasteiger partial charge in [0, 0.05) is 45.8 Å². The van der Waals surface area contributed by atoms with E-state index in [1.807, 2.05) is 42.8 Å². The highest BCUT2D eigenvalue weighted by atomic mass is 16.5. The molecule has 2 aromatic heterocycles. The van der Waals surface area contributed by atoms with Crippen molar-refractivity contribution in [2.24, 2.45) is 12.0 Å². The van der Waals surface area contributed by atoms with E-state index in [1.54, 1.807) is 6.26 Å². The molecule has 0 atom stereocenters. The molecule has 9 nitrogen and oxygen atoms in total. The van der Waals surface area contributed by atoms with Crippen LogP contribution in [0, 0.1) is 6.92 Å². The molecule has 1 aliphatic rings. The van der Waals surface area contributed by atoms with Gasteiger partial charge in [-0.1, -0.05) is 35.5 Å². The summed E-state index contributed by atoms with van der Waals surface area (Å²) in [5.41, 5.74) is 2.16. The second-order valence-corrected chi connectivity index (χ2v) is 7.46. The monoisotopic (exact) mass is 408 g/mol. The predicted molar refractivity (Wildman–Crippen MR) is 114 cm³/mol. The highest BCUT2D eigenvalue weighted by Crippen LogP contribution is 2.09. The van der Waals surface area contributed by atoms with E-state index in [1.165, 1.54) is 5.56 Å². The molecule has 3 heterocycles. The maximum absolute atomic E-state index is 4.95. The Morgan fingerprint density at radius 2 is 1.90 bits per heavy atom. The lowest BCUT2D eigenvalue weighted by Crippen LogP contribution is -2.52. The van der Waals surface area contributed by atoms with Crippen molar-refractivity contribution in [3.63, 3.8) is 0 Å². The first-order valence-corrected chi connectivity index (χ1v) is 10.2. The van der Waals surface area contributed by atoms with E-state index < -0.39 is 0 Å². The molecular weight excluding hydrogens is 380 g/mol. The number of hydrogen-bond donors (Lipinski definition) is 1. The molecule has 1 saturated heterocycles. The summed E-state index contributed by atoms with van der Waals surface area (Å²) in [5.74, 6) is 2.70. The van der Waals surface area contributed by atoms with E-state index in [4.69, 9.17) is 9.52 Å². The van der Waals surface area contributed by atoms with Gasteiger partial charge in [-0.15, -0.1) is 10.2 Å². The average Bonchev–Trinajstić information content (AvgIpc) is 3.40. The Morgan fingerprint density at radius 3 is 2.57 bits per heavy atom. The Hall–Kier alpha value is -3.20. The van der Waals surface area contributed by atoms with Crippen LogP contribution < -0.4 is 5.32 Å². The summed E-state index contributed by atoms with van der Waals surface area (Å²) in [5, 5.41) is 15.9. The standard InChI is InChI=1S/C21H28N8O/c1-17-24-25-20(27(17)2)15-23-21(22-14-18-6-4-3-5-7-18)29-11-9-28(10-12-29)16-19-8-13-30-26-19/h3-8,13H,9-12,14-16H2,1-2H3,(H,22,23). The SMILES string of the molecule is Cc1nnc(CNC(=NCc2ccccc2)N2CCN(Cc3ccon3)CC2)n1C. The largest absolute Gasteiger partial charge is 0.364 e. The zero-order valence-electron chi connectivity index (χ0n) is 17.5. The van der Waals surface area contributed by atoms with Crippen LogP contribution in [0.1, 0.15) is 22.9 Å². The minimum absolute atomic E-state index is 0.587. The molecule has 0 spiro atoms. The summed E-state index contributed by atoms with van der Waals surface area (Å²) in [6.45, 7) is 7.68. The first kappa shape index (κ1) is 20.1. The van der Waals surface area contributed by atoms with Crippen LogP contribution in [0.5, 0.6) is 0 Å². The van der Waals surface area contributed by atoms with E-state index in [2.05, 4.69) is 42.6 Å². The lowest BCUT2D eigenvalue weighted by atomic mass is 10.2. The molecule has 1 aliphatic heterocycles. The second kappa shape index (κ2) is 9.53. The molecule has 0 saturated carbocycles. The lowest BCUT2D eigenvalue weighted by molar-refractivity contribution is 0.168. The number of hydrogen-bond acceptors (Lipinski definition) is 6. The molecule has 1 N–H and O–H groups in total.